The number of piperidine rings is 1. The number of likely N-dealkylation sites (tertiary alicyclic amines) is 1. The summed E-state index contributed by atoms with van der Waals surface area (Å²) in [5.41, 5.74) is 1.65. The van der Waals surface area contributed by atoms with Gasteiger partial charge in [0.25, 0.3) is 0 Å². The number of rotatable bonds is 6. The molecule has 0 unspecified atom stereocenters. The Morgan fingerprint density at radius 3 is 2.59 bits per heavy atom. The van der Waals surface area contributed by atoms with E-state index in [1.165, 1.54) is 11.0 Å². The molecule has 0 saturated carbocycles. The van der Waals surface area contributed by atoms with Crippen molar-refractivity contribution in [1.82, 2.24) is 4.90 Å². The molecule has 0 aromatic heterocycles. The van der Waals surface area contributed by atoms with Crippen LogP contribution in [0.1, 0.15) is 18.4 Å². The van der Waals surface area contributed by atoms with Gasteiger partial charge in [0.2, 0.25) is 0 Å². The number of halogens is 1. The van der Waals surface area contributed by atoms with Crippen molar-refractivity contribution in [1.29, 1.82) is 0 Å². The smallest absolute Gasteiger partial charge is 0.414 e. The Bertz CT molecular complexity index is 950. The molecular weight excluding hydrogens is 417 g/mol. The molecule has 0 spiro atoms. The van der Waals surface area contributed by atoms with Crippen molar-refractivity contribution < 1.29 is 28.6 Å². The van der Waals surface area contributed by atoms with Crippen LogP contribution in [0.25, 0.3) is 0 Å². The Morgan fingerprint density at radius 1 is 1.19 bits per heavy atom. The molecule has 2 amide bonds. The molecule has 4 rings (SSSR count). The number of hydrogen-bond donors (Lipinski definition) is 2. The molecular formula is C23H26FN3O5. The van der Waals surface area contributed by atoms with Gasteiger partial charge in [-0.05, 0) is 36.6 Å². The van der Waals surface area contributed by atoms with E-state index in [0.29, 0.717) is 37.3 Å². The molecule has 8 nitrogen and oxygen atoms in total. The van der Waals surface area contributed by atoms with Crippen LogP contribution in [0.5, 0.6) is 0 Å². The maximum atomic E-state index is 14.7. The maximum absolute atomic E-state index is 14.7. The molecule has 0 aliphatic carbocycles. The van der Waals surface area contributed by atoms with Crippen molar-refractivity contribution in [2.75, 3.05) is 36.5 Å². The Hall–Kier alpha value is -3.33. The predicted molar refractivity (Wildman–Crippen MR) is 116 cm³/mol. The Balaban J connectivity index is 1.27. The summed E-state index contributed by atoms with van der Waals surface area (Å²) < 4.78 is 25.0. The third-order valence-corrected chi connectivity index (χ3v) is 5.66. The largest absolute Gasteiger partial charge is 0.445 e. The van der Waals surface area contributed by atoms with E-state index in [4.69, 9.17) is 14.6 Å². The van der Waals surface area contributed by atoms with Crippen LogP contribution in [0.3, 0.4) is 0 Å². The summed E-state index contributed by atoms with van der Waals surface area (Å²) in [6.45, 7) is 1.18. The minimum absolute atomic E-state index is 0.0176. The molecule has 0 radical (unpaired) electrons. The average molecular weight is 443 g/mol. The first kappa shape index (κ1) is 21.9. The summed E-state index contributed by atoms with van der Waals surface area (Å²) in [4.78, 5) is 27.1. The van der Waals surface area contributed by atoms with Gasteiger partial charge in [-0.25, -0.2) is 14.0 Å². The van der Waals surface area contributed by atoms with E-state index in [-0.39, 0.29) is 31.9 Å². The van der Waals surface area contributed by atoms with E-state index in [9.17, 15) is 14.0 Å². The van der Waals surface area contributed by atoms with Gasteiger partial charge in [0.1, 0.15) is 18.5 Å². The molecule has 32 heavy (non-hydrogen) atoms. The first-order valence-electron chi connectivity index (χ1n) is 10.6. The highest BCUT2D eigenvalue weighted by molar-refractivity contribution is 5.90. The molecule has 1 atom stereocenters. The zero-order chi connectivity index (χ0) is 22.5. The normalized spacial score (nSPS) is 19.1. The van der Waals surface area contributed by atoms with E-state index in [1.807, 2.05) is 30.3 Å². The van der Waals surface area contributed by atoms with Crippen LogP contribution in [0, 0.1) is 5.82 Å². The van der Waals surface area contributed by atoms with Crippen molar-refractivity contribution in [3.05, 3.63) is 59.9 Å². The molecule has 2 N–H and O–H groups in total. The van der Waals surface area contributed by atoms with E-state index >= 15 is 0 Å². The highest BCUT2D eigenvalue weighted by Crippen LogP contribution is 2.27. The molecule has 2 aromatic rings. The average Bonchev–Trinajstić information content (AvgIpc) is 3.20. The Labute approximate surface area is 185 Å². The monoisotopic (exact) mass is 443 g/mol. The third-order valence-electron chi connectivity index (χ3n) is 5.66. The lowest BCUT2D eigenvalue weighted by molar-refractivity contribution is 0.0881. The van der Waals surface area contributed by atoms with Crippen molar-refractivity contribution in [3.8, 4) is 0 Å². The minimum Gasteiger partial charge on any atom is -0.445 e. The number of aliphatic hydroxyl groups excluding tert-OH is 1. The highest BCUT2D eigenvalue weighted by atomic mass is 19.1. The number of aliphatic hydroxyl groups is 1. The number of carbonyl (C=O) groups excluding carboxylic acids is 2. The van der Waals surface area contributed by atoms with Crippen molar-refractivity contribution in [2.45, 2.75) is 31.6 Å². The summed E-state index contributed by atoms with van der Waals surface area (Å²) in [6, 6.07) is 14.0. The molecule has 0 bridgehead atoms. The molecule has 2 aliphatic heterocycles. The van der Waals surface area contributed by atoms with Crippen LogP contribution in [0.4, 0.5) is 25.4 Å². The second kappa shape index (κ2) is 9.86. The summed E-state index contributed by atoms with van der Waals surface area (Å²) >= 11 is 0. The summed E-state index contributed by atoms with van der Waals surface area (Å²) in [6.07, 6.45) is -0.221. The van der Waals surface area contributed by atoms with Crippen molar-refractivity contribution in [3.63, 3.8) is 0 Å². The summed E-state index contributed by atoms with van der Waals surface area (Å²) in [5, 5.41) is 12.3. The van der Waals surface area contributed by atoms with Gasteiger partial charge in [-0.1, -0.05) is 30.3 Å². The third kappa shape index (κ3) is 5.11. The topological polar surface area (TPSA) is 91.3 Å². The van der Waals surface area contributed by atoms with Crippen LogP contribution in [0.15, 0.2) is 48.5 Å². The summed E-state index contributed by atoms with van der Waals surface area (Å²) in [5.74, 6) is -0.479. The lowest BCUT2D eigenvalue weighted by atomic mass is 10.0. The SMILES string of the molecule is O=C(OCc1ccccc1)N1CCC(Nc2ccc(N3C[C@H](CO)OC3=O)cc2F)CC1. The van der Waals surface area contributed by atoms with Crippen LogP contribution in [0.2, 0.25) is 0 Å². The standard InChI is InChI=1S/C23H26FN3O5/c24-20-12-18(27-13-19(14-28)32-23(27)30)6-7-21(20)25-17-8-10-26(11-9-17)22(29)31-15-16-4-2-1-3-5-16/h1-7,12,17,19,25,28H,8-11,13-15H2/t19-/m1/s1. The first-order valence-corrected chi connectivity index (χ1v) is 10.6. The molecule has 2 aromatic carbocycles. The fourth-order valence-electron chi connectivity index (χ4n) is 3.85. The Kier molecular flexibility index (Phi) is 6.75. The molecule has 9 heteroatoms. The van der Waals surface area contributed by atoms with E-state index in [2.05, 4.69) is 5.32 Å². The lowest BCUT2D eigenvalue weighted by Gasteiger charge is -2.32. The minimum atomic E-state index is -0.604. The number of nitrogens with one attached hydrogen (secondary N) is 1. The van der Waals surface area contributed by atoms with Crippen molar-refractivity contribution >= 4 is 23.6 Å². The number of benzene rings is 2. The van der Waals surface area contributed by atoms with E-state index in [1.54, 1.807) is 17.0 Å². The molecule has 2 fully saturated rings. The predicted octanol–water partition coefficient (Wildman–Crippen LogP) is 3.36. The van der Waals surface area contributed by atoms with E-state index in [0.717, 1.165) is 5.56 Å². The molecule has 2 aliphatic rings. The molecule has 2 heterocycles. The van der Waals surface area contributed by atoms with Gasteiger partial charge >= 0.3 is 12.2 Å². The quantitative estimate of drug-likeness (QED) is 0.712. The fourth-order valence-corrected chi connectivity index (χ4v) is 3.85. The second-order valence-corrected chi connectivity index (χ2v) is 7.91. The number of cyclic esters (lactones) is 1. The Morgan fingerprint density at radius 2 is 1.94 bits per heavy atom. The summed E-state index contributed by atoms with van der Waals surface area (Å²) in [7, 11) is 0. The van der Waals surface area contributed by atoms with Gasteiger partial charge in [0, 0.05) is 19.1 Å². The number of hydrogen-bond acceptors (Lipinski definition) is 6. The first-order chi connectivity index (χ1) is 15.5. The van der Waals surface area contributed by atoms with Crippen LogP contribution in [-0.4, -0.2) is 60.6 Å². The van der Waals surface area contributed by atoms with E-state index < -0.39 is 18.0 Å². The van der Waals surface area contributed by atoms with Crippen LogP contribution in [-0.2, 0) is 16.1 Å². The zero-order valence-electron chi connectivity index (χ0n) is 17.6. The number of ether oxygens (including phenoxy) is 2. The van der Waals surface area contributed by atoms with Gasteiger partial charge in [-0.3, -0.25) is 4.90 Å². The highest BCUT2D eigenvalue weighted by Gasteiger charge is 2.32. The van der Waals surface area contributed by atoms with Gasteiger partial charge in [0.05, 0.1) is 24.5 Å². The van der Waals surface area contributed by atoms with Crippen molar-refractivity contribution in [2.24, 2.45) is 0 Å². The fraction of sp³-hybridized carbons (Fsp3) is 0.391. The number of anilines is 2. The van der Waals surface area contributed by atoms with Gasteiger partial charge < -0.3 is 24.8 Å². The van der Waals surface area contributed by atoms with Gasteiger partial charge in [0.15, 0.2) is 0 Å². The molecule has 170 valence electrons. The van der Waals surface area contributed by atoms with Crippen LogP contribution < -0.4 is 10.2 Å². The number of nitrogens with zero attached hydrogens (tertiary/aromatic N) is 2. The molecule has 2 saturated heterocycles. The van der Waals surface area contributed by atoms with Gasteiger partial charge in [-0.15, -0.1) is 0 Å². The lowest BCUT2D eigenvalue weighted by Crippen LogP contribution is -2.42. The number of amides is 2. The second-order valence-electron chi connectivity index (χ2n) is 7.91. The van der Waals surface area contributed by atoms with Crippen LogP contribution >= 0.6 is 0 Å². The number of carbonyl (C=O) groups is 2. The van der Waals surface area contributed by atoms with Gasteiger partial charge in [-0.2, -0.15) is 0 Å². The maximum Gasteiger partial charge on any atom is 0.414 e. The zero-order valence-corrected chi connectivity index (χ0v) is 17.6.